The number of carbonyl (C=O) groups excluding carboxylic acids is 2. The summed E-state index contributed by atoms with van der Waals surface area (Å²) in [4.78, 5) is 35.5. The van der Waals surface area contributed by atoms with Gasteiger partial charge >= 0.3 is 0 Å². The number of amides is 2. The van der Waals surface area contributed by atoms with Gasteiger partial charge in [0.2, 0.25) is 0 Å². The predicted octanol–water partition coefficient (Wildman–Crippen LogP) is 1.90. The van der Waals surface area contributed by atoms with E-state index in [0.717, 1.165) is 26.8 Å². The molecule has 3 aromatic rings. The van der Waals surface area contributed by atoms with Crippen LogP contribution in [0.4, 0.5) is 5.69 Å². The Labute approximate surface area is 165 Å². The first-order valence-corrected chi connectivity index (χ1v) is 9.34. The molecule has 0 aliphatic carbocycles. The van der Waals surface area contributed by atoms with E-state index in [0.29, 0.717) is 11.4 Å². The highest BCUT2D eigenvalue weighted by molar-refractivity contribution is 7.15. The molecule has 1 aromatic carbocycles. The number of pyridine rings is 1. The number of fused-ring (bicyclic) bond motifs is 1. The summed E-state index contributed by atoms with van der Waals surface area (Å²) in [5, 5.41) is 0.817. The van der Waals surface area contributed by atoms with Crippen molar-refractivity contribution in [2.75, 3.05) is 18.1 Å². The number of hydrogen-bond donors (Lipinski definition) is 2. The van der Waals surface area contributed by atoms with E-state index in [1.807, 2.05) is 36.6 Å². The number of anilines is 1. The molecule has 142 valence electrons. The molecule has 3 N–H and O–H groups in total. The van der Waals surface area contributed by atoms with Crippen LogP contribution in [-0.2, 0) is 9.59 Å². The molecule has 0 bridgehead atoms. The van der Waals surface area contributed by atoms with Crippen LogP contribution < -0.4 is 20.9 Å². The summed E-state index contributed by atoms with van der Waals surface area (Å²) in [7, 11) is 0. The first-order chi connectivity index (χ1) is 13.6. The van der Waals surface area contributed by atoms with Gasteiger partial charge in [-0.05, 0) is 37.3 Å². The minimum Gasteiger partial charge on any atom is -0.482 e. The van der Waals surface area contributed by atoms with Gasteiger partial charge in [0.05, 0.1) is 17.1 Å². The van der Waals surface area contributed by atoms with E-state index in [2.05, 4.69) is 4.98 Å². The number of carbonyl (C=O) groups is 2. The number of hydrogen-bond acceptors (Lipinski definition) is 7. The van der Waals surface area contributed by atoms with Gasteiger partial charge in [0.15, 0.2) is 6.61 Å². The summed E-state index contributed by atoms with van der Waals surface area (Å²) in [6, 6.07) is 11.2. The molecule has 28 heavy (non-hydrogen) atoms. The first-order valence-electron chi connectivity index (χ1n) is 8.52. The summed E-state index contributed by atoms with van der Waals surface area (Å²) < 4.78 is 5.49. The molecule has 9 heteroatoms. The van der Waals surface area contributed by atoms with Gasteiger partial charge in [0, 0.05) is 16.6 Å². The van der Waals surface area contributed by atoms with Gasteiger partial charge in [-0.2, -0.15) is 0 Å². The third-order valence-electron chi connectivity index (χ3n) is 4.32. The van der Waals surface area contributed by atoms with Gasteiger partial charge in [0.25, 0.3) is 11.8 Å². The number of nitrogens with zero attached hydrogens (tertiary/aromatic N) is 3. The fourth-order valence-electron chi connectivity index (χ4n) is 2.98. The molecule has 0 saturated heterocycles. The molecule has 0 saturated carbocycles. The molecule has 0 radical (unpaired) electrons. The zero-order valence-electron chi connectivity index (χ0n) is 15.0. The average Bonchev–Trinajstić information content (AvgIpc) is 3.12. The zero-order valence-corrected chi connectivity index (χ0v) is 15.8. The molecule has 1 aliphatic heterocycles. The molecule has 8 nitrogen and oxygen atoms in total. The Balaban J connectivity index is 1.74. The monoisotopic (exact) mass is 395 g/mol. The molecule has 4 rings (SSSR count). The molecule has 2 aromatic heterocycles. The minimum atomic E-state index is -0.464. The molecule has 0 fully saturated rings. The molecule has 0 atom stereocenters. The Kier molecular flexibility index (Phi) is 4.76. The second-order valence-corrected chi connectivity index (χ2v) is 7.36. The summed E-state index contributed by atoms with van der Waals surface area (Å²) >= 11 is 1.55. The fraction of sp³-hybridized carbons (Fsp3) is 0.158. The van der Waals surface area contributed by atoms with E-state index in [1.165, 1.54) is 4.90 Å². The van der Waals surface area contributed by atoms with E-state index in [-0.39, 0.29) is 19.1 Å². The molecule has 2 amide bonds. The maximum absolute atomic E-state index is 12.3. The second-order valence-electron chi connectivity index (χ2n) is 6.16. The van der Waals surface area contributed by atoms with Crippen LogP contribution in [0.1, 0.15) is 4.88 Å². The van der Waals surface area contributed by atoms with Crippen molar-refractivity contribution in [2.45, 2.75) is 6.92 Å². The fourth-order valence-corrected chi connectivity index (χ4v) is 3.89. The quantitative estimate of drug-likeness (QED) is 0.397. The third kappa shape index (κ3) is 3.32. The van der Waals surface area contributed by atoms with Crippen LogP contribution in [0, 0.1) is 6.92 Å². The van der Waals surface area contributed by atoms with Crippen molar-refractivity contribution in [3.63, 3.8) is 0 Å². The lowest BCUT2D eigenvalue weighted by molar-refractivity contribution is -0.125. The largest absolute Gasteiger partial charge is 0.482 e. The van der Waals surface area contributed by atoms with E-state index >= 15 is 0 Å². The van der Waals surface area contributed by atoms with Gasteiger partial charge in [0.1, 0.15) is 17.3 Å². The molecule has 3 heterocycles. The molecule has 1 aliphatic rings. The highest BCUT2D eigenvalue weighted by atomic mass is 32.1. The van der Waals surface area contributed by atoms with Gasteiger partial charge in [-0.1, -0.05) is 6.07 Å². The molecular formula is C19H17N5O3S. The number of benzene rings is 1. The number of ether oxygens (including phenoxy) is 1. The van der Waals surface area contributed by atoms with Crippen LogP contribution in [0.5, 0.6) is 5.75 Å². The van der Waals surface area contributed by atoms with Crippen molar-refractivity contribution in [1.29, 1.82) is 0 Å². The van der Waals surface area contributed by atoms with Gasteiger partial charge < -0.3 is 4.74 Å². The highest BCUT2D eigenvalue weighted by Crippen LogP contribution is 2.38. The number of hydrazine groups is 1. The Bertz CT molecular complexity index is 1050. The summed E-state index contributed by atoms with van der Waals surface area (Å²) in [5.74, 6) is 4.93. The lowest BCUT2D eigenvalue weighted by Gasteiger charge is -2.29. The van der Waals surface area contributed by atoms with E-state index < -0.39 is 5.91 Å². The Morgan fingerprint density at radius 2 is 2.21 bits per heavy atom. The zero-order chi connectivity index (χ0) is 19.7. The van der Waals surface area contributed by atoms with Crippen LogP contribution in [0.2, 0.25) is 0 Å². The van der Waals surface area contributed by atoms with Crippen molar-refractivity contribution in [3.8, 4) is 27.7 Å². The number of nitrogens with two attached hydrogens (primary N) is 1. The standard InChI is InChI=1S/C19H17N5O3S/c1-11-18(22-19(28-11)13-4-2-3-7-21-13)12-5-6-15-14(8-12)24(9-16(25)23-20)17(26)10-27-15/h2-8H,9-10,20H2,1H3,(H,23,25). The number of aryl methyl sites for hydroxylation is 1. The van der Waals surface area contributed by atoms with Crippen molar-refractivity contribution in [1.82, 2.24) is 15.4 Å². The van der Waals surface area contributed by atoms with Crippen LogP contribution >= 0.6 is 11.3 Å². The molecular weight excluding hydrogens is 378 g/mol. The Morgan fingerprint density at radius 1 is 1.36 bits per heavy atom. The molecule has 0 spiro atoms. The maximum Gasteiger partial charge on any atom is 0.265 e. The average molecular weight is 395 g/mol. The first kappa shape index (κ1) is 18.1. The predicted molar refractivity (Wildman–Crippen MR) is 106 cm³/mol. The number of aromatic nitrogens is 2. The minimum absolute atomic E-state index is 0.121. The summed E-state index contributed by atoms with van der Waals surface area (Å²) in [6.45, 7) is 1.69. The van der Waals surface area contributed by atoms with Crippen molar-refractivity contribution in [2.24, 2.45) is 5.84 Å². The normalized spacial score (nSPS) is 13.1. The Morgan fingerprint density at radius 3 is 2.96 bits per heavy atom. The SMILES string of the molecule is Cc1sc(-c2ccccn2)nc1-c1ccc2c(c1)N(CC(=O)NN)C(=O)CO2. The second kappa shape index (κ2) is 7.37. The lowest BCUT2D eigenvalue weighted by atomic mass is 10.1. The van der Waals surface area contributed by atoms with Crippen LogP contribution in [0.25, 0.3) is 22.0 Å². The smallest absolute Gasteiger partial charge is 0.265 e. The number of rotatable bonds is 4. The third-order valence-corrected chi connectivity index (χ3v) is 5.31. The van der Waals surface area contributed by atoms with Crippen LogP contribution in [0.3, 0.4) is 0 Å². The van der Waals surface area contributed by atoms with Crippen molar-refractivity contribution < 1.29 is 14.3 Å². The van der Waals surface area contributed by atoms with E-state index in [1.54, 1.807) is 29.7 Å². The molecule has 0 unspecified atom stereocenters. The number of nitrogens with one attached hydrogen (secondary N) is 1. The maximum atomic E-state index is 12.3. The van der Waals surface area contributed by atoms with E-state index in [4.69, 9.17) is 15.6 Å². The highest BCUT2D eigenvalue weighted by Gasteiger charge is 2.28. The van der Waals surface area contributed by atoms with Crippen molar-refractivity contribution >= 4 is 28.8 Å². The van der Waals surface area contributed by atoms with Crippen molar-refractivity contribution in [3.05, 3.63) is 47.5 Å². The lowest BCUT2D eigenvalue weighted by Crippen LogP contribution is -2.46. The van der Waals surface area contributed by atoms with Crippen LogP contribution in [0.15, 0.2) is 42.6 Å². The van der Waals surface area contributed by atoms with Gasteiger partial charge in [-0.15, -0.1) is 11.3 Å². The van der Waals surface area contributed by atoms with Gasteiger partial charge in [-0.3, -0.25) is 24.9 Å². The summed E-state index contributed by atoms with van der Waals surface area (Å²) in [6.07, 6.45) is 1.73. The van der Waals surface area contributed by atoms with Crippen LogP contribution in [-0.4, -0.2) is 34.9 Å². The Hall–Kier alpha value is -3.30. The van der Waals surface area contributed by atoms with E-state index in [9.17, 15) is 9.59 Å². The van der Waals surface area contributed by atoms with Gasteiger partial charge in [-0.25, -0.2) is 10.8 Å². The number of thiazole rings is 1. The summed E-state index contributed by atoms with van der Waals surface area (Å²) in [5.41, 5.74) is 5.00. The topological polar surface area (TPSA) is 110 Å².